The number of carbonyl (C=O) groups is 2. The summed E-state index contributed by atoms with van der Waals surface area (Å²) in [7, 11) is 5.87. The van der Waals surface area contributed by atoms with Crippen LogP contribution in [-0.2, 0) is 12.1 Å². The first-order valence-electron chi connectivity index (χ1n) is 9.01. The van der Waals surface area contributed by atoms with Crippen LogP contribution in [0.4, 0.5) is 0 Å². The van der Waals surface area contributed by atoms with Gasteiger partial charge in [0, 0.05) is 17.7 Å². The molecule has 29 heavy (non-hydrogen) atoms. The van der Waals surface area contributed by atoms with Crippen molar-refractivity contribution in [2.75, 3.05) is 35.0 Å². The monoisotopic (exact) mass is 399 g/mol. The molecule has 1 atom stereocenters. The summed E-state index contributed by atoms with van der Waals surface area (Å²) in [6.45, 7) is 0.178. The third kappa shape index (κ3) is 2.49. The van der Waals surface area contributed by atoms with Crippen molar-refractivity contribution in [1.82, 2.24) is 4.90 Å². The normalized spacial score (nSPS) is 19.8. The number of methoxy groups -OCH3 is 4. The first kappa shape index (κ1) is 19.1. The van der Waals surface area contributed by atoms with Gasteiger partial charge in [-0.05, 0) is 36.2 Å². The fourth-order valence-corrected chi connectivity index (χ4v) is 4.06. The van der Waals surface area contributed by atoms with E-state index in [-0.39, 0.29) is 17.7 Å². The zero-order chi connectivity index (χ0) is 20.9. The highest BCUT2D eigenvalue weighted by Gasteiger charge is 2.55. The summed E-state index contributed by atoms with van der Waals surface area (Å²) in [6, 6.07) is 6.18. The third-order valence-corrected chi connectivity index (χ3v) is 5.54. The number of nitrogens with zero attached hydrogens (tertiary/aromatic N) is 1. The van der Waals surface area contributed by atoms with Crippen LogP contribution in [0.2, 0.25) is 0 Å². The first-order valence-corrected chi connectivity index (χ1v) is 9.01. The second kappa shape index (κ2) is 6.66. The van der Waals surface area contributed by atoms with Crippen LogP contribution in [0.15, 0.2) is 24.3 Å². The Morgan fingerprint density at radius 3 is 1.93 bits per heavy atom. The number of aliphatic hydroxyl groups is 1. The third-order valence-electron chi connectivity index (χ3n) is 5.54. The number of hydrogen-bond donors (Lipinski definition) is 1. The topological polar surface area (TPSA) is 94.5 Å². The molecular weight excluding hydrogens is 378 g/mol. The van der Waals surface area contributed by atoms with Gasteiger partial charge in [0.05, 0.1) is 34.0 Å². The minimum absolute atomic E-state index is 0.0778. The Balaban J connectivity index is 1.95. The van der Waals surface area contributed by atoms with Gasteiger partial charge in [0.15, 0.2) is 23.0 Å². The van der Waals surface area contributed by atoms with Crippen molar-refractivity contribution in [2.45, 2.75) is 12.1 Å². The predicted molar refractivity (Wildman–Crippen MR) is 102 cm³/mol. The molecule has 1 N–H and O–H groups in total. The summed E-state index contributed by atoms with van der Waals surface area (Å²) < 4.78 is 21.2. The van der Waals surface area contributed by atoms with Gasteiger partial charge in [-0.1, -0.05) is 0 Å². The highest BCUT2D eigenvalue weighted by atomic mass is 16.5. The summed E-state index contributed by atoms with van der Waals surface area (Å²) in [4.78, 5) is 27.9. The minimum Gasteiger partial charge on any atom is -0.493 e. The molecule has 8 heteroatoms. The number of ketones is 1. The van der Waals surface area contributed by atoms with Crippen molar-refractivity contribution in [3.05, 3.63) is 46.5 Å². The largest absolute Gasteiger partial charge is 0.493 e. The van der Waals surface area contributed by atoms with Crippen molar-refractivity contribution in [2.24, 2.45) is 0 Å². The van der Waals surface area contributed by atoms with E-state index in [9.17, 15) is 14.7 Å². The Morgan fingerprint density at radius 1 is 0.828 bits per heavy atom. The van der Waals surface area contributed by atoms with Gasteiger partial charge in [-0.25, -0.2) is 0 Å². The van der Waals surface area contributed by atoms with Crippen LogP contribution in [0.3, 0.4) is 0 Å². The standard InChI is InChI=1S/C21H21NO7/c1-26-15-7-11-5-6-22-20(24)13-9-17(28-3)16(27-2)8-12(13)19(23)21(22,25)14(11)10-18(15)29-4/h7-10,25H,5-6H2,1-4H3. The van der Waals surface area contributed by atoms with Crippen LogP contribution in [0.1, 0.15) is 31.8 Å². The molecule has 2 aromatic rings. The first-order chi connectivity index (χ1) is 13.9. The maximum atomic E-state index is 13.5. The molecule has 2 aromatic carbocycles. The van der Waals surface area contributed by atoms with Crippen molar-refractivity contribution < 1.29 is 33.6 Å². The lowest BCUT2D eigenvalue weighted by atomic mass is 9.79. The number of amides is 1. The number of benzene rings is 2. The molecule has 0 aromatic heterocycles. The Bertz CT molecular complexity index is 1030. The molecule has 2 aliphatic rings. The number of hydrogen-bond acceptors (Lipinski definition) is 7. The molecule has 8 nitrogen and oxygen atoms in total. The van der Waals surface area contributed by atoms with Crippen molar-refractivity contribution in [3.63, 3.8) is 0 Å². The number of carbonyl (C=O) groups excluding carboxylic acids is 2. The molecule has 2 aliphatic heterocycles. The molecule has 0 bridgehead atoms. The van der Waals surface area contributed by atoms with E-state index < -0.39 is 17.4 Å². The lowest BCUT2D eigenvalue weighted by Crippen LogP contribution is -2.61. The molecule has 0 aliphatic carbocycles. The van der Waals surface area contributed by atoms with Crippen LogP contribution >= 0.6 is 0 Å². The van der Waals surface area contributed by atoms with Gasteiger partial charge in [0.1, 0.15) is 0 Å². The van der Waals surface area contributed by atoms with E-state index in [4.69, 9.17) is 18.9 Å². The van der Waals surface area contributed by atoms with Crippen molar-refractivity contribution >= 4 is 11.7 Å². The lowest BCUT2D eigenvalue weighted by molar-refractivity contribution is -0.0738. The van der Waals surface area contributed by atoms with E-state index in [1.165, 1.54) is 45.5 Å². The highest BCUT2D eigenvalue weighted by Crippen LogP contribution is 2.46. The summed E-state index contributed by atoms with van der Waals surface area (Å²) >= 11 is 0. The second-order valence-corrected chi connectivity index (χ2v) is 6.83. The maximum absolute atomic E-state index is 13.5. The van der Waals surface area contributed by atoms with E-state index >= 15 is 0 Å². The Morgan fingerprint density at radius 2 is 1.34 bits per heavy atom. The van der Waals surface area contributed by atoms with Gasteiger partial charge < -0.3 is 24.1 Å². The van der Waals surface area contributed by atoms with E-state index in [0.717, 1.165) is 0 Å². The van der Waals surface area contributed by atoms with Gasteiger partial charge in [-0.2, -0.15) is 0 Å². The smallest absolute Gasteiger partial charge is 0.257 e. The molecular formula is C21H21NO7. The molecule has 0 fully saturated rings. The molecule has 0 saturated heterocycles. The predicted octanol–water partition coefficient (Wildman–Crippen LogP) is 1.76. The number of rotatable bonds is 4. The maximum Gasteiger partial charge on any atom is 0.257 e. The summed E-state index contributed by atoms with van der Waals surface area (Å²) in [6.07, 6.45) is 0.458. The van der Waals surface area contributed by atoms with E-state index in [1.54, 1.807) is 12.1 Å². The Kier molecular flexibility index (Phi) is 4.38. The van der Waals surface area contributed by atoms with E-state index in [0.29, 0.717) is 40.5 Å². The quantitative estimate of drug-likeness (QED) is 0.837. The number of fused-ring (bicyclic) bond motifs is 4. The summed E-state index contributed by atoms with van der Waals surface area (Å²) in [5.41, 5.74) is -0.876. The van der Waals surface area contributed by atoms with Gasteiger partial charge in [0.2, 0.25) is 11.5 Å². The molecule has 4 rings (SSSR count). The highest BCUT2D eigenvalue weighted by molar-refractivity contribution is 6.17. The van der Waals surface area contributed by atoms with Crippen LogP contribution in [0, 0.1) is 0 Å². The Labute approximate surface area is 167 Å². The molecule has 152 valence electrons. The van der Waals surface area contributed by atoms with Crippen LogP contribution < -0.4 is 18.9 Å². The van der Waals surface area contributed by atoms with Crippen molar-refractivity contribution in [1.29, 1.82) is 0 Å². The van der Waals surface area contributed by atoms with Crippen LogP contribution in [0.5, 0.6) is 23.0 Å². The fourth-order valence-electron chi connectivity index (χ4n) is 4.06. The number of Topliss-reactive ketones (excluding diaryl/α,β-unsaturated/α-hetero) is 1. The minimum atomic E-state index is -2.14. The molecule has 1 unspecified atom stereocenters. The molecule has 2 heterocycles. The average molecular weight is 399 g/mol. The van der Waals surface area contributed by atoms with Gasteiger partial charge >= 0.3 is 0 Å². The van der Waals surface area contributed by atoms with Crippen LogP contribution in [0.25, 0.3) is 0 Å². The van der Waals surface area contributed by atoms with Gasteiger partial charge in [0.25, 0.3) is 5.91 Å². The summed E-state index contributed by atoms with van der Waals surface area (Å²) in [5.74, 6) is 0.420. The molecule has 0 radical (unpaired) electrons. The zero-order valence-electron chi connectivity index (χ0n) is 16.6. The SMILES string of the molecule is COc1cc2c(cc1OC)C1(O)C(=O)c3cc(OC)c(OC)cc3C(=O)N1CC2. The van der Waals surface area contributed by atoms with Crippen molar-refractivity contribution in [3.8, 4) is 23.0 Å². The van der Waals surface area contributed by atoms with E-state index in [2.05, 4.69) is 0 Å². The summed E-state index contributed by atoms with van der Waals surface area (Å²) in [5, 5.41) is 11.6. The lowest BCUT2D eigenvalue weighted by Gasteiger charge is -2.46. The average Bonchev–Trinajstić information content (AvgIpc) is 2.75. The second-order valence-electron chi connectivity index (χ2n) is 6.83. The van der Waals surface area contributed by atoms with Crippen LogP contribution in [-0.4, -0.2) is 56.7 Å². The molecule has 0 spiro atoms. The van der Waals surface area contributed by atoms with Gasteiger partial charge in [-0.3, -0.25) is 14.5 Å². The van der Waals surface area contributed by atoms with Gasteiger partial charge in [-0.15, -0.1) is 0 Å². The number of ether oxygens (including phenoxy) is 4. The molecule has 1 amide bonds. The molecule has 0 saturated carbocycles. The Hall–Kier alpha value is -3.26. The fraction of sp³-hybridized carbons (Fsp3) is 0.333. The van der Waals surface area contributed by atoms with E-state index in [1.807, 2.05) is 0 Å². The zero-order valence-corrected chi connectivity index (χ0v) is 16.6.